The molecule has 1 heterocycles. The van der Waals surface area contributed by atoms with Gasteiger partial charge in [0, 0.05) is 36.0 Å². The molecule has 1 aromatic heterocycles. The maximum Gasteiger partial charge on any atom is 0.242 e. The summed E-state index contributed by atoms with van der Waals surface area (Å²) < 4.78 is 30.0. The molecule has 21 heavy (non-hydrogen) atoms. The highest BCUT2D eigenvalue weighted by Crippen LogP contribution is 2.18. The number of nitrogens with two attached hydrogens (primary N) is 1. The Hall–Kier alpha value is -1.15. The van der Waals surface area contributed by atoms with E-state index >= 15 is 0 Å². The molecule has 3 N–H and O–H groups in total. The van der Waals surface area contributed by atoms with Gasteiger partial charge in [0.05, 0.1) is 4.90 Å². The van der Waals surface area contributed by atoms with E-state index in [-0.39, 0.29) is 11.4 Å². The molecule has 5 nitrogen and oxygen atoms in total. The fraction of sp³-hybridized carbons (Fsp3) is 0.286. The van der Waals surface area contributed by atoms with Crippen LogP contribution in [0, 0.1) is 0 Å². The molecule has 2 aromatic rings. The number of halogens is 1. The van der Waals surface area contributed by atoms with Crippen LogP contribution in [0.3, 0.4) is 0 Å². The Morgan fingerprint density at radius 3 is 2.62 bits per heavy atom. The Balaban J connectivity index is 2.19. The highest BCUT2D eigenvalue weighted by molar-refractivity contribution is 9.10. The second-order valence-corrected chi connectivity index (χ2v) is 7.19. The van der Waals surface area contributed by atoms with Crippen LogP contribution < -0.4 is 10.5 Å². The smallest absolute Gasteiger partial charge is 0.242 e. The second-order valence-electron chi connectivity index (χ2n) is 4.57. The van der Waals surface area contributed by atoms with E-state index in [4.69, 9.17) is 5.73 Å². The summed E-state index contributed by atoms with van der Waals surface area (Å²) in [6.07, 6.45) is 1.62. The molecule has 0 bridgehead atoms. The fourth-order valence-electron chi connectivity index (χ4n) is 2.04. The van der Waals surface area contributed by atoms with Gasteiger partial charge in [0.25, 0.3) is 0 Å². The van der Waals surface area contributed by atoms with E-state index < -0.39 is 10.0 Å². The minimum Gasteiger partial charge on any atom is -0.349 e. The van der Waals surface area contributed by atoms with Gasteiger partial charge in [-0.2, -0.15) is 0 Å². The van der Waals surface area contributed by atoms with Crippen LogP contribution in [0.1, 0.15) is 18.2 Å². The van der Waals surface area contributed by atoms with Gasteiger partial charge in [-0.05, 0) is 24.6 Å². The minimum atomic E-state index is -3.54. The molecule has 2 rings (SSSR count). The third-order valence-corrected chi connectivity index (χ3v) is 5.37. The first-order valence-corrected chi connectivity index (χ1v) is 8.87. The maximum atomic E-state index is 12.3. The summed E-state index contributed by atoms with van der Waals surface area (Å²) in [5.41, 5.74) is 7.31. The normalized spacial score (nSPS) is 11.8. The van der Waals surface area contributed by atoms with Crippen molar-refractivity contribution in [1.29, 1.82) is 0 Å². The molecule has 0 aliphatic heterocycles. The van der Waals surface area contributed by atoms with E-state index in [0.29, 0.717) is 13.1 Å². The SMILES string of the molecule is CCn1cc(S(=O)(=O)NCc2ccccc2Br)cc1CN. The van der Waals surface area contributed by atoms with Crippen molar-refractivity contribution in [1.82, 2.24) is 9.29 Å². The predicted molar refractivity (Wildman–Crippen MR) is 86.2 cm³/mol. The van der Waals surface area contributed by atoms with Crippen LogP contribution in [0.5, 0.6) is 0 Å². The molecular weight excluding hydrogens is 354 g/mol. The topological polar surface area (TPSA) is 77.1 Å². The molecule has 0 atom stereocenters. The number of nitrogens with zero attached hydrogens (tertiary/aromatic N) is 1. The van der Waals surface area contributed by atoms with Crippen molar-refractivity contribution < 1.29 is 8.42 Å². The van der Waals surface area contributed by atoms with Gasteiger partial charge in [-0.1, -0.05) is 34.1 Å². The number of rotatable bonds is 6. The van der Waals surface area contributed by atoms with Crippen molar-refractivity contribution in [3.63, 3.8) is 0 Å². The summed E-state index contributed by atoms with van der Waals surface area (Å²) >= 11 is 3.40. The zero-order chi connectivity index (χ0) is 15.5. The Morgan fingerprint density at radius 2 is 2.05 bits per heavy atom. The summed E-state index contributed by atoms with van der Waals surface area (Å²) in [6, 6.07) is 9.12. The van der Waals surface area contributed by atoms with Gasteiger partial charge >= 0.3 is 0 Å². The maximum absolute atomic E-state index is 12.3. The average molecular weight is 372 g/mol. The zero-order valence-corrected chi connectivity index (χ0v) is 14.1. The van der Waals surface area contributed by atoms with Crippen LogP contribution in [0.25, 0.3) is 0 Å². The Labute approximate surface area is 133 Å². The van der Waals surface area contributed by atoms with Crippen LogP contribution in [-0.2, 0) is 29.7 Å². The highest BCUT2D eigenvalue weighted by atomic mass is 79.9. The standard InChI is InChI=1S/C14H18BrN3O2S/c1-2-18-10-13(7-12(18)8-16)21(19,20)17-9-11-5-3-4-6-14(11)15/h3-7,10,17H,2,8-9,16H2,1H3. The summed E-state index contributed by atoms with van der Waals surface area (Å²) in [4.78, 5) is 0.247. The lowest BCUT2D eigenvalue weighted by Gasteiger charge is -2.06. The lowest BCUT2D eigenvalue weighted by molar-refractivity contribution is 0.580. The first-order chi connectivity index (χ1) is 9.97. The number of hydrogen-bond donors (Lipinski definition) is 2. The minimum absolute atomic E-state index is 0.235. The summed E-state index contributed by atoms with van der Waals surface area (Å²) in [5, 5.41) is 0. The van der Waals surface area contributed by atoms with Crippen molar-refractivity contribution in [2.45, 2.75) is 31.5 Å². The fourth-order valence-corrected chi connectivity index (χ4v) is 3.53. The van der Waals surface area contributed by atoms with Crippen molar-refractivity contribution in [3.8, 4) is 0 Å². The molecule has 0 saturated heterocycles. The van der Waals surface area contributed by atoms with Gasteiger partial charge in [0.2, 0.25) is 10.0 Å². The van der Waals surface area contributed by atoms with Crippen LogP contribution >= 0.6 is 15.9 Å². The van der Waals surface area contributed by atoms with Crippen molar-refractivity contribution >= 4 is 26.0 Å². The lowest BCUT2D eigenvalue weighted by Crippen LogP contribution is -2.23. The van der Waals surface area contributed by atoms with E-state index in [1.54, 1.807) is 12.3 Å². The van der Waals surface area contributed by atoms with Gasteiger partial charge in [0.15, 0.2) is 0 Å². The molecule has 0 aliphatic carbocycles. The predicted octanol–water partition coefficient (Wildman–Crippen LogP) is 2.21. The quantitative estimate of drug-likeness (QED) is 0.816. The molecule has 0 unspecified atom stereocenters. The average Bonchev–Trinajstić information content (AvgIpc) is 2.90. The third kappa shape index (κ3) is 3.74. The molecule has 0 radical (unpaired) electrons. The van der Waals surface area contributed by atoms with Crippen LogP contribution in [0.2, 0.25) is 0 Å². The summed E-state index contributed by atoms with van der Waals surface area (Å²) in [6.45, 7) is 3.18. The molecule has 7 heteroatoms. The molecule has 0 aliphatic rings. The van der Waals surface area contributed by atoms with Crippen LogP contribution in [-0.4, -0.2) is 13.0 Å². The number of aryl methyl sites for hydroxylation is 1. The van der Waals surface area contributed by atoms with E-state index in [1.807, 2.05) is 35.8 Å². The third-order valence-electron chi connectivity index (χ3n) is 3.23. The molecule has 0 amide bonds. The lowest BCUT2D eigenvalue weighted by atomic mass is 10.2. The number of hydrogen-bond acceptors (Lipinski definition) is 3. The summed E-state index contributed by atoms with van der Waals surface area (Å²) in [5.74, 6) is 0. The van der Waals surface area contributed by atoms with Crippen molar-refractivity contribution in [2.75, 3.05) is 0 Å². The van der Waals surface area contributed by atoms with Crippen LogP contribution in [0.15, 0.2) is 45.9 Å². The number of nitrogens with one attached hydrogen (secondary N) is 1. The van der Waals surface area contributed by atoms with Crippen molar-refractivity contribution in [2.24, 2.45) is 5.73 Å². The largest absolute Gasteiger partial charge is 0.349 e. The van der Waals surface area contributed by atoms with Gasteiger partial charge in [-0.3, -0.25) is 0 Å². The Bertz CT molecular complexity index is 704. The molecule has 0 spiro atoms. The number of sulfonamides is 1. The molecule has 0 fully saturated rings. The Kier molecular flexibility index (Phi) is 5.21. The first-order valence-electron chi connectivity index (χ1n) is 6.60. The van der Waals surface area contributed by atoms with Crippen molar-refractivity contribution in [3.05, 3.63) is 52.3 Å². The van der Waals surface area contributed by atoms with Gasteiger partial charge in [-0.15, -0.1) is 0 Å². The van der Waals surface area contributed by atoms with E-state index in [0.717, 1.165) is 15.7 Å². The number of aromatic nitrogens is 1. The molecule has 1 aromatic carbocycles. The first kappa shape index (κ1) is 16.2. The second kappa shape index (κ2) is 6.74. The highest BCUT2D eigenvalue weighted by Gasteiger charge is 2.17. The van der Waals surface area contributed by atoms with Gasteiger partial charge in [-0.25, -0.2) is 13.1 Å². The molecule has 0 saturated carbocycles. The van der Waals surface area contributed by atoms with Gasteiger partial charge < -0.3 is 10.3 Å². The zero-order valence-electron chi connectivity index (χ0n) is 11.7. The van der Waals surface area contributed by atoms with E-state index in [9.17, 15) is 8.42 Å². The van der Waals surface area contributed by atoms with Crippen LogP contribution in [0.4, 0.5) is 0 Å². The monoisotopic (exact) mass is 371 g/mol. The molecule has 114 valence electrons. The summed E-state index contributed by atoms with van der Waals surface area (Å²) in [7, 11) is -3.54. The van der Waals surface area contributed by atoms with Gasteiger partial charge in [0.1, 0.15) is 0 Å². The van der Waals surface area contributed by atoms with E-state index in [2.05, 4.69) is 20.7 Å². The number of benzene rings is 1. The van der Waals surface area contributed by atoms with E-state index in [1.165, 1.54) is 0 Å². The Morgan fingerprint density at radius 1 is 1.33 bits per heavy atom. The molecular formula is C14H18BrN3O2S.